The van der Waals surface area contributed by atoms with Gasteiger partial charge < -0.3 is 0 Å². The van der Waals surface area contributed by atoms with Crippen molar-refractivity contribution in [1.29, 1.82) is 5.26 Å². The van der Waals surface area contributed by atoms with E-state index in [1.807, 2.05) is 0 Å². The molecule has 124 valence electrons. The number of allylic oxidation sites excluding steroid dienone is 1. The summed E-state index contributed by atoms with van der Waals surface area (Å²) in [5.74, 6) is 0. The highest BCUT2D eigenvalue weighted by Crippen LogP contribution is 2.24. The number of sulfone groups is 1. The van der Waals surface area contributed by atoms with Crippen molar-refractivity contribution < 1.29 is 16.8 Å². The van der Waals surface area contributed by atoms with Crippen LogP contribution in [-0.4, -0.2) is 16.8 Å². The smallest absolute Gasteiger partial charge is 0.261 e. The summed E-state index contributed by atoms with van der Waals surface area (Å²) in [5.41, 5.74) is 0.725. The number of hydrogen-bond acceptors (Lipinski definition) is 5. The number of nitriles is 1. The van der Waals surface area contributed by atoms with Crippen molar-refractivity contribution in [2.24, 2.45) is 0 Å². The zero-order valence-electron chi connectivity index (χ0n) is 12.7. The summed E-state index contributed by atoms with van der Waals surface area (Å²) >= 11 is 0. The molecule has 0 unspecified atom stereocenters. The van der Waals surface area contributed by atoms with Crippen LogP contribution in [0.4, 0.5) is 5.69 Å². The van der Waals surface area contributed by atoms with E-state index < -0.39 is 19.9 Å². The molecule has 0 spiro atoms. The molecule has 8 heteroatoms. The third kappa shape index (κ3) is 4.01. The summed E-state index contributed by atoms with van der Waals surface area (Å²) in [6.07, 6.45) is 0.850. The Morgan fingerprint density at radius 3 is 2.29 bits per heavy atom. The van der Waals surface area contributed by atoms with E-state index in [1.54, 1.807) is 31.2 Å². The van der Waals surface area contributed by atoms with Gasteiger partial charge in [0, 0.05) is 11.5 Å². The molecular formula is C16H14N2O4S2. The van der Waals surface area contributed by atoms with Crippen molar-refractivity contribution in [3.05, 3.63) is 65.6 Å². The summed E-state index contributed by atoms with van der Waals surface area (Å²) in [6, 6.07) is 13.4. The molecule has 2 rings (SSSR count). The lowest BCUT2D eigenvalue weighted by atomic mass is 10.2. The van der Waals surface area contributed by atoms with Gasteiger partial charge in [-0.2, -0.15) is 5.26 Å². The Labute approximate surface area is 141 Å². The average Bonchev–Trinajstić information content (AvgIpc) is 2.55. The minimum absolute atomic E-state index is 0.0713. The molecule has 0 saturated heterocycles. The van der Waals surface area contributed by atoms with Crippen LogP contribution in [0.5, 0.6) is 0 Å². The van der Waals surface area contributed by atoms with Crippen LogP contribution in [0.2, 0.25) is 0 Å². The van der Waals surface area contributed by atoms with Gasteiger partial charge in [-0.05, 0) is 36.8 Å². The Bertz CT molecular complexity index is 1020. The van der Waals surface area contributed by atoms with Crippen molar-refractivity contribution in [2.75, 3.05) is 4.72 Å². The Hall–Kier alpha value is -2.63. The quantitative estimate of drug-likeness (QED) is 0.823. The van der Waals surface area contributed by atoms with E-state index in [9.17, 15) is 16.8 Å². The number of rotatable bonds is 5. The van der Waals surface area contributed by atoms with E-state index in [-0.39, 0.29) is 15.5 Å². The monoisotopic (exact) mass is 362 g/mol. The highest BCUT2D eigenvalue weighted by molar-refractivity contribution is 7.94. The molecule has 0 heterocycles. The predicted octanol–water partition coefficient (Wildman–Crippen LogP) is 2.61. The van der Waals surface area contributed by atoms with E-state index in [0.29, 0.717) is 5.56 Å². The SMILES string of the molecule is Cc1ccc(S(=O)(=O)C=CC#N)cc1NS(=O)(=O)c1ccccc1. The number of nitrogens with one attached hydrogen (secondary N) is 1. The summed E-state index contributed by atoms with van der Waals surface area (Å²) in [7, 11) is -7.65. The van der Waals surface area contributed by atoms with Gasteiger partial charge in [0.15, 0.2) is 0 Å². The molecule has 0 atom stereocenters. The molecule has 2 aromatic rings. The summed E-state index contributed by atoms with van der Waals surface area (Å²) in [6.45, 7) is 1.66. The second-order valence-corrected chi connectivity index (χ2v) is 8.39. The van der Waals surface area contributed by atoms with Crippen LogP contribution in [0.25, 0.3) is 0 Å². The number of nitrogens with zero attached hydrogens (tertiary/aromatic N) is 1. The highest BCUT2D eigenvalue weighted by atomic mass is 32.2. The van der Waals surface area contributed by atoms with Gasteiger partial charge in [-0.1, -0.05) is 24.3 Å². The molecule has 1 N–H and O–H groups in total. The minimum Gasteiger partial charge on any atom is -0.279 e. The minimum atomic E-state index is -3.83. The van der Waals surface area contributed by atoms with Crippen molar-refractivity contribution >= 4 is 25.5 Å². The van der Waals surface area contributed by atoms with Crippen LogP contribution in [0.15, 0.2) is 69.8 Å². The summed E-state index contributed by atoms with van der Waals surface area (Å²) < 4.78 is 51.3. The number of hydrogen-bond donors (Lipinski definition) is 1. The van der Waals surface area contributed by atoms with Crippen LogP contribution >= 0.6 is 0 Å². The molecular weight excluding hydrogens is 348 g/mol. The molecule has 0 bridgehead atoms. The van der Waals surface area contributed by atoms with Gasteiger partial charge in [0.25, 0.3) is 10.0 Å². The van der Waals surface area contributed by atoms with Crippen molar-refractivity contribution in [2.45, 2.75) is 16.7 Å². The maximum atomic E-state index is 12.4. The molecule has 0 aliphatic rings. The Morgan fingerprint density at radius 1 is 1.00 bits per heavy atom. The first-order chi connectivity index (χ1) is 11.3. The fourth-order valence-electron chi connectivity index (χ4n) is 1.89. The molecule has 24 heavy (non-hydrogen) atoms. The lowest BCUT2D eigenvalue weighted by Crippen LogP contribution is -2.14. The first-order valence-electron chi connectivity index (χ1n) is 6.76. The molecule has 0 aliphatic carbocycles. The van der Waals surface area contributed by atoms with Crippen LogP contribution in [0.3, 0.4) is 0 Å². The normalized spacial score (nSPS) is 12.0. The second-order valence-electron chi connectivity index (χ2n) is 4.87. The Kier molecular flexibility index (Phi) is 5.07. The molecule has 6 nitrogen and oxygen atoms in total. The zero-order valence-corrected chi connectivity index (χ0v) is 14.3. The molecule has 0 aromatic heterocycles. The third-order valence-electron chi connectivity index (χ3n) is 3.16. The fourth-order valence-corrected chi connectivity index (χ4v) is 3.97. The fraction of sp³-hybridized carbons (Fsp3) is 0.0625. The van der Waals surface area contributed by atoms with Gasteiger partial charge in [-0.25, -0.2) is 16.8 Å². The number of sulfonamides is 1. The van der Waals surface area contributed by atoms with E-state index in [1.165, 1.54) is 30.3 Å². The lowest BCUT2D eigenvalue weighted by molar-refractivity contribution is 0.600. The number of aryl methyl sites for hydroxylation is 1. The third-order valence-corrected chi connectivity index (χ3v) is 5.94. The predicted molar refractivity (Wildman–Crippen MR) is 90.4 cm³/mol. The van der Waals surface area contributed by atoms with Crippen molar-refractivity contribution in [3.63, 3.8) is 0 Å². The lowest BCUT2D eigenvalue weighted by Gasteiger charge is -2.12. The van der Waals surface area contributed by atoms with Gasteiger partial charge in [-0.3, -0.25) is 4.72 Å². The van der Waals surface area contributed by atoms with Crippen molar-refractivity contribution in [1.82, 2.24) is 0 Å². The topological polar surface area (TPSA) is 104 Å². The Balaban J connectivity index is 2.44. The maximum Gasteiger partial charge on any atom is 0.261 e. The summed E-state index contributed by atoms with van der Waals surface area (Å²) in [4.78, 5) is -0.0348. The highest BCUT2D eigenvalue weighted by Gasteiger charge is 2.17. The van der Waals surface area contributed by atoms with Gasteiger partial charge >= 0.3 is 0 Å². The molecule has 0 saturated carbocycles. The van der Waals surface area contributed by atoms with E-state index in [2.05, 4.69) is 4.72 Å². The van der Waals surface area contributed by atoms with Crippen LogP contribution in [0.1, 0.15) is 5.56 Å². The van der Waals surface area contributed by atoms with E-state index >= 15 is 0 Å². The molecule has 0 aliphatic heterocycles. The van der Waals surface area contributed by atoms with Crippen LogP contribution < -0.4 is 4.72 Å². The van der Waals surface area contributed by atoms with Crippen LogP contribution in [0, 0.1) is 18.3 Å². The molecule has 0 radical (unpaired) electrons. The van der Waals surface area contributed by atoms with Gasteiger partial charge in [0.1, 0.15) is 0 Å². The van der Waals surface area contributed by atoms with Gasteiger partial charge in [0.05, 0.1) is 21.5 Å². The zero-order chi connectivity index (χ0) is 17.8. The average molecular weight is 362 g/mol. The van der Waals surface area contributed by atoms with Gasteiger partial charge in [0.2, 0.25) is 9.84 Å². The number of anilines is 1. The molecule has 2 aromatic carbocycles. The molecule has 0 fully saturated rings. The van der Waals surface area contributed by atoms with Gasteiger partial charge in [-0.15, -0.1) is 0 Å². The van der Waals surface area contributed by atoms with Crippen molar-refractivity contribution in [3.8, 4) is 6.07 Å². The molecule has 0 amide bonds. The van der Waals surface area contributed by atoms with Crippen LogP contribution in [-0.2, 0) is 19.9 Å². The standard InChI is InChI=1S/C16H14N2O4S2/c1-13-8-9-15(23(19,20)11-5-10-17)12-16(13)18-24(21,22)14-6-3-2-4-7-14/h2-9,11-12,18H,1H3. The maximum absolute atomic E-state index is 12.4. The number of benzene rings is 2. The van der Waals surface area contributed by atoms with E-state index in [0.717, 1.165) is 11.5 Å². The largest absolute Gasteiger partial charge is 0.279 e. The first kappa shape index (κ1) is 17.7. The Morgan fingerprint density at radius 2 is 1.67 bits per heavy atom. The first-order valence-corrected chi connectivity index (χ1v) is 9.79. The second kappa shape index (κ2) is 6.86. The summed E-state index contributed by atoms with van der Waals surface area (Å²) in [5, 5.41) is 9.23. The van der Waals surface area contributed by atoms with E-state index in [4.69, 9.17) is 5.26 Å².